The van der Waals surface area contributed by atoms with Crippen molar-refractivity contribution in [2.24, 2.45) is 5.41 Å². The van der Waals surface area contributed by atoms with Crippen LogP contribution in [0.4, 0.5) is 17.3 Å². The summed E-state index contributed by atoms with van der Waals surface area (Å²) in [6, 6.07) is 10.3. The molecule has 1 saturated carbocycles. The van der Waals surface area contributed by atoms with Crippen LogP contribution in [0.3, 0.4) is 0 Å². The molecule has 5 rings (SSSR count). The molecule has 1 aromatic heterocycles. The number of benzene rings is 1. The summed E-state index contributed by atoms with van der Waals surface area (Å²) in [7, 11) is -2.24. The molecule has 1 aliphatic carbocycles. The summed E-state index contributed by atoms with van der Waals surface area (Å²) in [6.07, 6.45) is 4.80. The smallest absolute Gasteiger partial charge is 0.258 e. The number of pyridine rings is 1. The van der Waals surface area contributed by atoms with Crippen molar-refractivity contribution in [1.29, 1.82) is 0 Å². The van der Waals surface area contributed by atoms with Gasteiger partial charge in [0.1, 0.15) is 11.6 Å². The van der Waals surface area contributed by atoms with Crippen molar-refractivity contribution < 1.29 is 17.9 Å². The van der Waals surface area contributed by atoms with E-state index < -0.39 is 10.0 Å². The second-order valence-electron chi connectivity index (χ2n) is 9.84. The standard InChI is InChI=1S/C25H33N5O4S/c1-18-17-30(14-15-34-18)23-5-3-4-22(27-23)28-24(31)20-7-6-19(35(32,33)26-2)16-21(20)29-12-10-25(8-9-25)11-13-29/h3-7,16,18,26H,8-15,17H2,1-2H3,(H,27,28,31). The van der Waals surface area contributed by atoms with Crippen LogP contribution in [0.5, 0.6) is 0 Å². The van der Waals surface area contributed by atoms with Crippen molar-refractivity contribution in [2.75, 3.05) is 55.0 Å². The Morgan fingerprint density at radius 3 is 2.54 bits per heavy atom. The average Bonchev–Trinajstić information content (AvgIpc) is 3.63. The fourth-order valence-corrected chi connectivity index (χ4v) is 5.78. The van der Waals surface area contributed by atoms with E-state index >= 15 is 0 Å². The van der Waals surface area contributed by atoms with Crippen molar-refractivity contribution in [2.45, 2.75) is 43.6 Å². The van der Waals surface area contributed by atoms with Crippen molar-refractivity contribution in [3.05, 3.63) is 42.0 Å². The molecule has 10 heteroatoms. The van der Waals surface area contributed by atoms with Crippen molar-refractivity contribution in [1.82, 2.24) is 9.71 Å². The highest BCUT2D eigenvalue weighted by atomic mass is 32.2. The highest BCUT2D eigenvalue weighted by Crippen LogP contribution is 2.54. The van der Waals surface area contributed by atoms with Gasteiger partial charge in [-0.2, -0.15) is 0 Å². The summed E-state index contributed by atoms with van der Waals surface area (Å²) in [6.45, 7) is 5.78. The first-order chi connectivity index (χ1) is 16.8. The number of carbonyl (C=O) groups is 1. The quantitative estimate of drug-likeness (QED) is 0.630. The Morgan fingerprint density at radius 1 is 1.09 bits per heavy atom. The van der Waals surface area contributed by atoms with Gasteiger partial charge < -0.3 is 19.9 Å². The number of hydrogen-bond acceptors (Lipinski definition) is 7. The molecule has 2 aromatic rings. The molecule has 2 N–H and O–H groups in total. The number of ether oxygens (including phenoxy) is 1. The number of carbonyl (C=O) groups excluding carboxylic acids is 1. The van der Waals surface area contributed by atoms with E-state index in [9.17, 15) is 13.2 Å². The Balaban J connectivity index is 1.40. The molecular weight excluding hydrogens is 466 g/mol. The van der Waals surface area contributed by atoms with Gasteiger partial charge in [-0.3, -0.25) is 4.79 Å². The maximum absolute atomic E-state index is 13.4. The molecule has 1 spiro atoms. The van der Waals surface area contributed by atoms with Crippen LogP contribution in [0.25, 0.3) is 0 Å². The molecule has 9 nitrogen and oxygen atoms in total. The van der Waals surface area contributed by atoms with Gasteiger partial charge in [0.15, 0.2) is 0 Å². The van der Waals surface area contributed by atoms with Crippen LogP contribution in [0.15, 0.2) is 41.3 Å². The zero-order valence-electron chi connectivity index (χ0n) is 20.3. The lowest BCUT2D eigenvalue weighted by molar-refractivity contribution is 0.0529. The Kier molecular flexibility index (Phi) is 6.45. The molecule has 1 atom stereocenters. The third-order valence-electron chi connectivity index (χ3n) is 7.46. The highest BCUT2D eigenvalue weighted by Gasteiger charge is 2.44. The molecular formula is C25H33N5O4S. The SMILES string of the molecule is CNS(=O)(=O)c1ccc(C(=O)Nc2cccc(N3CCOC(C)C3)n2)c(N2CCC3(CC2)CC3)c1. The van der Waals surface area contributed by atoms with Crippen LogP contribution in [-0.2, 0) is 14.8 Å². The largest absolute Gasteiger partial charge is 0.375 e. The number of sulfonamides is 1. The predicted molar refractivity (Wildman–Crippen MR) is 136 cm³/mol. The lowest BCUT2D eigenvalue weighted by Gasteiger charge is -2.35. The molecule has 2 aliphatic heterocycles. The van der Waals surface area contributed by atoms with E-state index in [4.69, 9.17) is 4.74 Å². The van der Waals surface area contributed by atoms with Gasteiger partial charge in [0.2, 0.25) is 10.0 Å². The number of anilines is 3. The van der Waals surface area contributed by atoms with Gasteiger partial charge >= 0.3 is 0 Å². The Morgan fingerprint density at radius 2 is 1.86 bits per heavy atom. The molecule has 1 amide bonds. The van der Waals surface area contributed by atoms with Gasteiger partial charge in [-0.25, -0.2) is 18.1 Å². The number of nitrogens with one attached hydrogen (secondary N) is 2. The second kappa shape index (κ2) is 9.40. The van der Waals surface area contributed by atoms with Gasteiger partial charge in [0.05, 0.1) is 28.9 Å². The summed E-state index contributed by atoms with van der Waals surface area (Å²) < 4.78 is 32.9. The van der Waals surface area contributed by atoms with Crippen molar-refractivity contribution >= 4 is 33.3 Å². The lowest BCUT2D eigenvalue weighted by Crippen LogP contribution is -2.41. The number of amides is 1. The third-order valence-corrected chi connectivity index (χ3v) is 8.87. The summed E-state index contributed by atoms with van der Waals surface area (Å²) in [4.78, 5) is 22.5. The maximum Gasteiger partial charge on any atom is 0.258 e. The van der Waals surface area contributed by atoms with E-state index in [1.54, 1.807) is 18.2 Å². The fourth-order valence-electron chi connectivity index (χ4n) is 5.03. The van der Waals surface area contributed by atoms with Crippen molar-refractivity contribution in [3.63, 3.8) is 0 Å². The van der Waals surface area contributed by atoms with Gasteiger partial charge in [0.25, 0.3) is 5.91 Å². The summed E-state index contributed by atoms with van der Waals surface area (Å²) >= 11 is 0. The molecule has 0 radical (unpaired) electrons. The normalized spacial score (nSPS) is 21.7. The Hall–Kier alpha value is -2.69. The monoisotopic (exact) mass is 499 g/mol. The van der Waals surface area contributed by atoms with E-state index in [-0.39, 0.29) is 16.9 Å². The van der Waals surface area contributed by atoms with Crippen LogP contribution >= 0.6 is 0 Å². The Bertz CT molecular complexity index is 1200. The zero-order valence-corrected chi connectivity index (χ0v) is 21.1. The van der Waals surface area contributed by atoms with E-state index in [0.717, 1.165) is 44.8 Å². The fraction of sp³-hybridized carbons (Fsp3) is 0.520. The highest BCUT2D eigenvalue weighted by molar-refractivity contribution is 7.89. The van der Waals surface area contributed by atoms with Gasteiger partial charge in [-0.1, -0.05) is 6.07 Å². The van der Waals surface area contributed by atoms with Crippen LogP contribution in [0.1, 0.15) is 43.0 Å². The van der Waals surface area contributed by atoms with Gasteiger partial charge in [-0.15, -0.1) is 0 Å². The molecule has 35 heavy (non-hydrogen) atoms. The predicted octanol–water partition coefficient (Wildman–Crippen LogP) is 2.85. The van der Waals surface area contributed by atoms with Crippen LogP contribution in [-0.4, -0.2) is 65.2 Å². The third kappa shape index (κ3) is 5.14. The zero-order chi connectivity index (χ0) is 24.6. The molecule has 1 aromatic carbocycles. The van der Waals surface area contributed by atoms with E-state index in [1.165, 1.54) is 26.0 Å². The first-order valence-corrected chi connectivity index (χ1v) is 13.7. The summed E-state index contributed by atoms with van der Waals surface area (Å²) in [5.41, 5.74) is 1.56. The number of rotatable bonds is 6. The Labute approximate surface area is 206 Å². The molecule has 3 fully saturated rings. The number of morpholine rings is 1. The van der Waals surface area contributed by atoms with E-state index in [2.05, 4.69) is 24.8 Å². The number of piperidine rings is 1. The van der Waals surface area contributed by atoms with Crippen molar-refractivity contribution in [3.8, 4) is 0 Å². The van der Waals surface area contributed by atoms with Crippen LogP contribution in [0.2, 0.25) is 0 Å². The maximum atomic E-state index is 13.4. The second-order valence-corrected chi connectivity index (χ2v) is 11.7. The summed E-state index contributed by atoms with van der Waals surface area (Å²) in [5, 5.41) is 2.93. The molecule has 0 bridgehead atoms. The van der Waals surface area contributed by atoms with Gasteiger partial charge in [-0.05, 0) is 75.4 Å². The molecule has 3 heterocycles. The number of nitrogens with zero attached hydrogens (tertiary/aromatic N) is 3. The lowest BCUT2D eigenvalue weighted by atomic mass is 9.93. The van der Waals surface area contributed by atoms with Crippen LogP contribution in [0, 0.1) is 5.41 Å². The number of hydrogen-bond donors (Lipinski definition) is 2. The van der Waals surface area contributed by atoms with Gasteiger partial charge in [0, 0.05) is 26.2 Å². The molecule has 2 saturated heterocycles. The van der Waals surface area contributed by atoms with E-state index in [0.29, 0.717) is 29.1 Å². The molecule has 188 valence electrons. The first-order valence-electron chi connectivity index (χ1n) is 12.3. The molecule has 1 unspecified atom stereocenters. The van der Waals surface area contributed by atoms with Crippen LogP contribution < -0.4 is 19.8 Å². The van der Waals surface area contributed by atoms with E-state index in [1.807, 2.05) is 19.1 Å². The first kappa shape index (κ1) is 24.0. The minimum Gasteiger partial charge on any atom is -0.375 e. The average molecular weight is 500 g/mol. The molecule has 3 aliphatic rings. The topological polar surface area (TPSA) is 104 Å². The summed E-state index contributed by atoms with van der Waals surface area (Å²) in [5.74, 6) is 0.944. The minimum absolute atomic E-state index is 0.123. The minimum atomic E-state index is -3.63. The number of aromatic nitrogens is 1.